The van der Waals surface area contributed by atoms with Gasteiger partial charge in [0.2, 0.25) is 11.8 Å². The van der Waals surface area contributed by atoms with Gasteiger partial charge in [-0.05, 0) is 43.4 Å². The number of rotatable bonds is 7. The van der Waals surface area contributed by atoms with Crippen LogP contribution in [0, 0.1) is 13.8 Å². The number of hydrogen-bond donors (Lipinski definition) is 0. The van der Waals surface area contributed by atoms with E-state index in [1.54, 1.807) is 23.6 Å². The number of anilines is 2. The monoisotopic (exact) mass is 420 g/mol. The molecular weight excluding hydrogens is 400 g/mol. The minimum absolute atomic E-state index is 0.0644. The molecule has 0 radical (unpaired) electrons. The van der Waals surface area contributed by atoms with Crippen LogP contribution in [-0.4, -0.2) is 27.3 Å². The summed E-state index contributed by atoms with van der Waals surface area (Å²) in [6.07, 6.45) is 1.99. The van der Waals surface area contributed by atoms with Crippen molar-refractivity contribution in [2.24, 2.45) is 0 Å². The molecule has 142 valence electrons. The molecule has 3 aromatic rings. The van der Waals surface area contributed by atoms with Gasteiger partial charge in [0.05, 0.1) is 17.1 Å². The summed E-state index contributed by atoms with van der Waals surface area (Å²) in [5.74, 6) is 1.88. The number of thioether (sulfide) groups is 2. The Kier molecular flexibility index (Phi) is 6.56. The number of nitrogens with zero attached hydrogens (tertiary/aromatic N) is 4. The molecule has 0 saturated heterocycles. The van der Waals surface area contributed by atoms with Crippen LogP contribution in [0.25, 0.3) is 0 Å². The molecule has 0 unspecified atom stereocenters. The Morgan fingerprint density at radius 2 is 2.04 bits per heavy atom. The van der Waals surface area contributed by atoms with Gasteiger partial charge in [-0.2, -0.15) is 11.8 Å². The molecule has 9 heteroatoms. The molecule has 6 nitrogen and oxygen atoms in total. The lowest BCUT2D eigenvalue weighted by molar-refractivity contribution is -0.115. The average Bonchev–Trinajstić information content (AvgIpc) is 3.26. The van der Waals surface area contributed by atoms with E-state index in [0.717, 1.165) is 16.9 Å². The highest BCUT2D eigenvalue weighted by Gasteiger charge is 2.19. The van der Waals surface area contributed by atoms with Crippen molar-refractivity contribution in [1.82, 2.24) is 15.2 Å². The van der Waals surface area contributed by atoms with Crippen LogP contribution < -0.4 is 4.90 Å². The highest BCUT2D eigenvalue weighted by atomic mass is 32.2. The largest absolute Gasteiger partial charge is 0.415 e. The molecule has 1 aromatic carbocycles. The topological polar surface area (TPSA) is 72.1 Å². The summed E-state index contributed by atoms with van der Waals surface area (Å²) < 4.78 is 5.56. The lowest BCUT2D eigenvalue weighted by Crippen LogP contribution is -2.22. The number of hydrogen-bond acceptors (Lipinski definition) is 8. The molecule has 2 aromatic heterocycles. The fraction of sp³-hybridized carbons (Fsp3) is 0.333. The molecule has 0 bridgehead atoms. The van der Waals surface area contributed by atoms with Crippen molar-refractivity contribution >= 4 is 51.6 Å². The minimum atomic E-state index is -0.0644. The molecule has 2 heterocycles. The molecule has 0 aliphatic carbocycles. The summed E-state index contributed by atoms with van der Waals surface area (Å²) in [6, 6.07) is 5.98. The number of aryl methyl sites for hydroxylation is 2. The number of carbonyl (C=O) groups is 1. The zero-order valence-corrected chi connectivity index (χ0v) is 18.0. The lowest BCUT2D eigenvalue weighted by Gasteiger charge is -2.19. The van der Waals surface area contributed by atoms with Gasteiger partial charge in [0.1, 0.15) is 0 Å². The fourth-order valence-corrected chi connectivity index (χ4v) is 4.40. The lowest BCUT2D eigenvalue weighted by atomic mass is 10.1. The fourth-order valence-electron chi connectivity index (χ4n) is 2.37. The quantitative estimate of drug-likeness (QED) is 0.499. The van der Waals surface area contributed by atoms with Crippen molar-refractivity contribution in [3.8, 4) is 0 Å². The highest BCUT2D eigenvalue weighted by molar-refractivity contribution is 7.98. The number of carbonyl (C=O) groups excluding carboxylic acids is 1. The maximum absolute atomic E-state index is 12.2. The molecule has 0 saturated carbocycles. The molecule has 3 rings (SSSR count). The van der Waals surface area contributed by atoms with Crippen LogP contribution in [0.4, 0.5) is 10.8 Å². The Bertz CT molecular complexity index is 938. The van der Waals surface area contributed by atoms with Gasteiger partial charge >= 0.3 is 0 Å². The summed E-state index contributed by atoms with van der Waals surface area (Å²) in [7, 11) is 0. The van der Waals surface area contributed by atoms with E-state index in [1.165, 1.54) is 28.7 Å². The first-order valence-corrected chi connectivity index (χ1v) is 11.5. The zero-order chi connectivity index (χ0) is 19.4. The molecule has 0 fully saturated rings. The molecular formula is C18H20N4O2S3. The Balaban J connectivity index is 1.73. The number of amides is 1. The van der Waals surface area contributed by atoms with Crippen LogP contribution in [0.1, 0.15) is 29.6 Å². The van der Waals surface area contributed by atoms with Crippen LogP contribution >= 0.6 is 34.9 Å². The van der Waals surface area contributed by atoms with E-state index in [4.69, 9.17) is 4.42 Å². The van der Waals surface area contributed by atoms with E-state index >= 15 is 0 Å². The Morgan fingerprint density at radius 3 is 2.74 bits per heavy atom. The summed E-state index contributed by atoms with van der Waals surface area (Å²) in [5, 5.41) is 11.2. The van der Waals surface area contributed by atoms with Crippen molar-refractivity contribution in [3.63, 3.8) is 0 Å². The predicted octanol–water partition coefficient (Wildman–Crippen LogP) is 4.98. The van der Waals surface area contributed by atoms with Gasteiger partial charge in [-0.15, -0.1) is 21.5 Å². The third kappa shape index (κ3) is 4.91. The first-order chi connectivity index (χ1) is 13.0. The molecule has 0 N–H and O–H groups in total. The summed E-state index contributed by atoms with van der Waals surface area (Å²) in [6.45, 7) is 5.64. The zero-order valence-electron chi connectivity index (χ0n) is 15.6. The van der Waals surface area contributed by atoms with E-state index < -0.39 is 0 Å². The van der Waals surface area contributed by atoms with Crippen LogP contribution in [0.2, 0.25) is 0 Å². The summed E-state index contributed by atoms with van der Waals surface area (Å²) >= 11 is 4.53. The van der Waals surface area contributed by atoms with E-state index in [1.807, 2.05) is 36.8 Å². The molecule has 27 heavy (non-hydrogen) atoms. The molecule has 0 spiro atoms. The highest BCUT2D eigenvalue weighted by Crippen LogP contribution is 2.32. The predicted molar refractivity (Wildman–Crippen MR) is 112 cm³/mol. The second kappa shape index (κ2) is 8.90. The Labute approximate surface area is 170 Å². The molecule has 0 atom stereocenters. The van der Waals surface area contributed by atoms with Gasteiger partial charge in [0.15, 0.2) is 5.13 Å². The second-order valence-electron chi connectivity index (χ2n) is 5.93. The van der Waals surface area contributed by atoms with Gasteiger partial charge in [0.25, 0.3) is 5.22 Å². The summed E-state index contributed by atoms with van der Waals surface area (Å²) in [5.41, 5.74) is 4.04. The van der Waals surface area contributed by atoms with E-state index in [2.05, 4.69) is 22.1 Å². The first-order valence-electron chi connectivity index (χ1n) is 8.24. The molecule has 0 aliphatic rings. The third-order valence-electron chi connectivity index (χ3n) is 3.85. The van der Waals surface area contributed by atoms with E-state index in [9.17, 15) is 4.79 Å². The van der Waals surface area contributed by atoms with Gasteiger partial charge in [0, 0.05) is 18.1 Å². The third-order valence-corrected chi connectivity index (χ3v) is 6.12. The standard InChI is InChI=1S/C18H20N4O2S3/c1-11-5-6-15(7-12(11)2)22(13(3)23)17-19-14(8-26-17)9-27-18-21-20-16(24-18)10-25-4/h5-8H,9-10H2,1-4H3. The van der Waals surface area contributed by atoms with Crippen molar-refractivity contribution < 1.29 is 9.21 Å². The maximum Gasteiger partial charge on any atom is 0.276 e. The minimum Gasteiger partial charge on any atom is -0.415 e. The van der Waals surface area contributed by atoms with Gasteiger partial charge in [-0.3, -0.25) is 9.69 Å². The van der Waals surface area contributed by atoms with Crippen molar-refractivity contribution in [1.29, 1.82) is 0 Å². The Hall–Kier alpha value is -1.84. The van der Waals surface area contributed by atoms with Gasteiger partial charge in [-0.1, -0.05) is 17.8 Å². The number of aromatic nitrogens is 3. The second-order valence-corrected chi connectivity index (χ2v) is 8.56. The van der Waals surface area contributed by atoms with Crippen molar-refractivity contribution in [3.05, 3.63) is 46.3 Å². The van der Waals surface area contributed by atoms with Gasteiger partial charge in [-0.25, -0.2) is 4.98 Å². The van der Waals surface area contributed by atoms with Crippen LogP contribution in [0.15, 0.2) is 33.2 Å². The number of benzene rings is 1. The van der Waals surface area contributed by atoms with E-state index in [0.29, 0.717) is 27.8 Å². The van der Waals surface area contributed by atoms with Gasteiger partial charge < -0.3 is 4.42 Å². The van der Waals surface area contributed by atoms with Crippen molar-refractivity contribution in [2.45, 2.75) is 37.5 Å². The number of thiazole rings is 1. The normalized spacial score (nSPS) is 11.0. The first kappa shape index (κ1) is 19.9. The summed E-state index contributed by atoms with van der Waals surface area (Å²) in [4.78, 5) is 18.5. The van der Waals surface area contributed by atoms with E-state index in [-0.39, 0.29) is 5.91 Å². The average molecular weight is 421 g/mol. The van der Waals surface area contributed by atoms with Crippen LogP contribution in [0.3, 0.4) is 0 Å². The molecule has 1 amide bonds. The SMILES string of the molecule is CSCc1nnc(SCc2csc(N(C(C)=O)c3ccc(C)c(C)c3)n2)o1. The smallest absolute Gasteiger partial charge is 0.276 e. The maximum atomic E-state index is 12.2. The van der Waals surface area contributed by atoms with Crippen LogP contribution in [0.5, 0.6) is 0 Å². The Morgan fingerprint density at radius 1 is 1.22 bits per heavy atom. The molecule has 0 aliphatic heterocycles. The van der Waals surface area contributed by atoms with Crippen LogP contribution in [-0.2, 0) is 16.3 Å². The van der Waals surface area contributed by atoms with Crippen molar-refractivity contribution in [2.75, 3.05) is 11.2 Å².